The predicted molar refractivity (Wildman–Crippen MR) is 62.4 cm³/mol. The molecule has 0 aromatic heterocycles. The summed E-state index contributed by atoms with van der Waals surface area (Å²) >= 11 is 6.37. The number of hydrogen-bond acceptors (Lipinski definition) is 4. The number of thioether (sulfide) groups is 1. The Bertz CT molecular complexity index is 233. The first-order valence-electron chi connectivity index (χ1n) is 4.67. The highest BCUT2D eigenvalue weighted by Gasteiger charge is 2.24. The van der Waals surface area contributed by atoms with Crippen molar-refractivity contribution < 1.29 is 9.53 Å². The SMILES string of the molecule is CSC(=S)OC(C)C1CCCC(=O)N1. The molecular formula is C9H15NO2S2. The highest BCUT2D eigenvalue weighted by Crippen LogP contribution is 2.15. The zero-order valence-electron chi connectivity index (χ0n) is 8.41. The fourth-order valence-electron chi connectivity index (χ4n) is 1.47. The van der Waals surface area contributed by atoms with E-state index in [9.17, 15) is 4.79 Å². The van der Waals surface area contributed by atoms with Crippen LogP contribution in [-0.4, -0.2) is 28.7 Å². The number of nitrogens with one attached hydrogen (secondary N) is 1. The van der Waals surface area contributed by atoms with E-state index in [0.717, 1.165) is 12.8 Å². The lowest BCUT2D eigenvalue weighted by atomic mass is 10.0. The van der Waals surface area contributed by atoms with Gasteiger partial charge in [0.25, 0.3) is 0 Å². The van der Waals surface area contributed by atoms with Gasteiger partial charge in [0.2, 0.25) is 10.3 Å². The molecule has 14 heavy (non-hydrogen) atoms. The largest absolute Gasteiger partial charge is 0.473 e. The molecular weight excluding hydrogens is 218 g/mol. The molecule has 0 aromatic carbocycles. The number of thiocarbonyl (C=S) groups is 1. The third kappa shape index (κ3) is 3.46. The second kappa shape index (κ2) is 5.56. The number of carbonyl (C=O) groups is 1. The van der Waals surface area contributed by atoms with E-state index in [0.29, 0.717) is 10.8 Å². The zero-order chi connectivity index (χ0) is 10.6. The average molecular weight is 233 g/mol. The lowest BCUT2D eigenvalue weighted by Gasteiger charge is -2.28. The molecule has 5 heteroatoms. The number of piperidine rings is 1. The first-order valence-corrected chi connectivity index (χ1v) is 6.30. The molecule has 0 aromatic rings. The van der Waals surface area contributed by atoms with Gasteiger partial charge in [-0.1, -0.05) is 11.8 Å². The fourth-order valence-corrected chi connectivity index (χ4v) is 1.87. The topological polar surface area (TPSA) is 38.3 Å². The molecule has 1 amide bonds. The van der Waals surface area contributed by atoms with Crippen LogP contribution in [0.3, 0.4) is 0 Å². The first kappa shape index (κ1) is 11.8. The van der Waals surface area contributed by atoms with Crippen molar-refractivity contribution in [3.63, 3.8) is 0 Å². The maximum atomic E-state index is 11.1. The van der Waals surface area contributed by atoms with E-state index >= 15 is 0 Å². The summed E-state index contributed by atoms with van der Waals surface area (Å²) in [4.78, 5) is 11.1. The van der Waals surface area contributed by atoms with E-state index in [2.05, 4.69) is 5.32 Å². The molecule has 0 spiro atoms. The van der Waals surface area contributed by atoms with Crippen LogP contribution in [0.15, 0.2) is 0 Å². The van der Waals surface area contributed by atoms with E-state index in [1.54, 1.807) is 0 Å². The molecule has 1 N–H and O–H groups in total. The van der Waals surface area contributed by atoms with Crippen LogP contribution in [0.4, 0.5) is 0 Å². The summed E-state index contributed by atoms with van der Waals surface area (Å²) in [5, 5.41) is 2.91. The van der Waals surface area contributed by atoms with Crippen molar-refractivity contribution in [2.75, 3.05) is 6.26 Å². The monoisotopic (exact) mass is 233 g/mol. The summed E-state index contributed by atoms with van der Waals surface area (Å²) in [6, 6.07) is 0.112. The molecule has 0 aliphatic carbocycles. The van der Waals surface area contributed by atoms with Gasteiger partial charge >= 0.3 is 0 Å². The second-order valence-electron chi connectivity index (χ2n) is 3.34. The van der Waals surface area contributed by atoms with Crippen LogP contribution in [0.25, 0.3) is 0 Å². The van der Waals surface area contributed by atoms with E-state index in [1.165, 1.54) is 11.8 Å². The molecule has 2 unspecified atom stereocenters. The molecule has 1 heterocycles. The van der Waals surface area contributed by atoms with Crippen LogP contribution >= 0.6 is 24.0 Å². The van der Waals surface area contributed by atoms with Gasteiger partial charge in [0.15, 0.2) is 0 Å². The Morgan fingerprint density at radius 2 is 2.50 bits per heavy atom. The van der Waals surface area contributed by atoms with Crippen LogP contribution in [0.5, 0.6) is 0 Å². The van der Waals surface area contributed by atoms with Crippen LogP contribution in [0.2, 0.25) is 0 Å². The molecule has 2 atom stereocenters. The number of carbonyl (C=O) groups excluding carboxylic acids is 1. The third-order valence-corrected chi connectivity index (χ3v) is 3.31. The molecule has 80 valence electrons. The Hall–Kier alpha value is -0.290. The lowest BCUT2D eigenvalue weighted by Crippen LogP contribution is -2.46. The number of hydrogen-bond donors (Lipinski definition) is 1. The van der Waals surface area contributed by atoms with Gasteiger partial charge in [-0.15, -0.1) is 0 Å². The quantitative estimate of drug-likeness (QED) is 0.737. The Balaban J connectivity index is 2.39. The summed E-state index contributed by atoms with van der Waals surface area (Å²) in [7, 11) is 0. The van der Waals surface area contributed by atoms with Gasteiger partial charge in [-0.3, -0.25) is 4.79 Å². The molecule has 0 bridgehead atoms. The van der Waals surface area contributed by atoms with Gasteiger partial charge in [0.1, 0.15) is 6.10 Å². The predicted octanol–water partition coefficient (Wildman–Crippen LogP) is 1.71. The molecule has 1 aliphatic heterocycles. The van der Waals surface area contributed by atoms with Crippen LogP contribution in [0.1, 0.15) is 26.2 Å². The van der Waals surface area contributed by atoms with Crippen molar-refractivity contribution in [3.8, 4) is 0 Å². The summed E-state index contributed by atoms with van der Waals surface area (Å²) in [6.45, 7) is 1.94. The van der Waals surface area contributed by atoms with Crippen LogP contribution in [-0.2, 0) is 9.53 Å². The normalized spacial score (nSPS) is 23.9. The standard InChI is InChI=1S/C9H15NO2S2/c1-6(12-9(13)14-2)7-4-3-5-8(11)10-7/h6-7H,3-5H2,1-2H3,(H,10,11). The molecule has 1 fully saturated rings. The average Bonchev–Trinajstić information content (AvgIpc) is 2.17. The Morgan fingerprint density at radius 3 is 3.07 bits per heavy atom. The smallest absolute Gasteiger partial charge is 0.220 e. The van der Waals surface area contributed by atoms with Gasteiger partial charge < -0.3 is 10.1 Å². The first-order chi connectivity index (χ1) is 6.63. The van der Waals surface area contributed by atoms with Gasteiger partial charge in [-0.25, -0.2) is 0 Å². The van der Waals surface area contributed by atoms with Crippen LogP contribution in [0, 0.1) is 0 Å². The van der Waals surface area contributed by atoms with Crippen molar-refractivity contribution in [2.45, 2.75) is 38.3 Å². The van der Waals surface area contributed by atoms with Crippen LogP contribution < -0.4 is 5.32 Å². The van der Waals surface area contributed by atoms with Crippen molar-refractivity contribution in [1.82, 2.24) is 5.32 Å². The van der Waals surface area contributed by atoms with Gasteiger partial charge in [0, 0.05) is 6.42 Å². The van der Waals surface area contributed by atoms with Gasteiger partial charge in [-0.05, 0) is 38.2 Å². The summed E-state index contributed by atoms with van der Waals surface area (Å²) in [6.07, 6.45) is 4.41. The molecule has 0 radical (unpaired) electrons. The molecule has 1 rings (SSSR count). The molecule has 0 saturated carbocycles. The van der Waals surface area contributed by atoms with E-state index in [1.807, 2.05) is 13.2 Å². The Labute approximate surface area is 94.0 Å². The van der Waals surface area contributed by atoms with Crippen molar-refractivity contribution >= 4 is 34.3 Å². The number of amides is 1. The fraction of sp³-hybridized carbons (Fsp3) is 0.778. The van der Waals surface area contributed by atoms with E-state index < -0.39 is 0 Å². The maximum absolute atomic E-state index is 11.1. The zero-order valence-corrected chi connectivity index (χ0v) is 10.0. The van der Waals surface area contributed by atoms with Gasteiger partial charge in [0.05, 0.1) is 6.04 Å². The minimum absolute atomic E-state index is 0.0285. The second-order valence-corrected chi connectivity index (χ2v) is 4.75. The minimum atomic E-state index is -0.0285. The molecule has 1 saturated heterocycles. The summed E-state index contributed by atoms with van der Waals surface area (Å²) < 4.78 is 6.01. The van der Waals surface area contributed by atoms with Crippen molar-refractivity contribution in [3.05, 3.63) is 0 Å². The van der Waals surface area contributed by atoms with Crippen molar-refractivity contribution in [2.24, 2.45) is 0 Å². The highest BCUT2D eigenvalue weighted by atomic mass is 32.2. The lowest BCUT2D eigenvalue weighted by molar-refractivity contribution is -0.124. The Morgan fingerprint density at radius 1 is 1.79 bits per heavy atom. The van der Waals surface area contributed by atoms with Gasteiger partial charge in [-0.2, -0.15) is 0 Å². The minimum Gasteiger partial charge on any atom is -0.473 e. The molecule has 1 aliphatic rings. The summed E-state index contributed by atoms with van der Waals surface area (Å²) in [5.74, 6) is 0.117. The summed E-state index contributed by atoms with van der Waals surface area (Å²) in [5.41, 5.74) is 0. The van der Waals surface area contributed by atoms with E-state index in [-0.39, 0.29) is 18.1 Å². The third-order valence-electron chi connectivity index (χ3n) is 2.28. The highest BCUT2D eigenvalue weighted by molar-refractivity contribution is 8.22. The molecule has 3 nitrogen and oxygen atoms in total. The Kier molecular flexibility index (Phi) is 4.68. The number of ether oxygens (including phenoxy) is 1. The van der Waals surface area contributed by atoms with Crippen molar-refractivity contribution in [1.29, 1.82) is 0 Å². The van der Waals surface area contributed by atoms with E-state index in [4.69, 9.17) is 17.0 Å². The maximum Gasteiger partial charge on any atom is 0.220 e. The number of rotatable bonds is 2.